The summed E-state index contributed by atoms with van der Waals surface area (Å²) in [6, 6.07) is 2.83. The molecule has 4 heterocycles. The van der Waals surface area contributed by atoms with Gasteiger partial charge in [0, 0.05) is 50.3 Å². The lowest BCUT2D eigenvalue weighted by Crippen LogP contribution is -2.49. The van der Waals surface area contributed by atoms with Crippen molar-refractivity contribution in [1.29, 1.82) is 0 Å². The minimum absolute atomic E-state index is 0.0320. The molecule has 0 aromatic carbocycles. The average Bonchev–Trinajstić information content (AvgIpc) is 3.37. The van der Waals surface area contributed by atoms with E-state index in [4.69, 9.17) is 23.2 Å². The molecule has 0 radical (unpaired) electrons. The normalized spacial score (nSPS) is 15.4. The molecule has 1 unspecified atom stereocenters. The predicted octanol–water partition coefficient (Wildman–Crippen LogP) is 6.10. The number of carbonyl (C=O) groups is 2. The van der Waals surface area contributed by atoms with Crippen molar-refractivity contribution in [3.63, 3.8) is 0 Å². The topological polar surface area (TPSA) is 82.2 Å². The Morgan fingerprint density at radius 1 is 0.897 bits per heavy atom. The number of ketones is 1. The molecule has 1 atom stereocenters. The number of H-pyrrole nitrogens is 1. The monoisotopic (exact) mass is 593 g/mol. The number of amides is 1. The van der Waals surface area contributed by atoms with Crippen LogP contribution < -0.4 is 4.90 Å². The van der Waals surface area contributed by atoms with Gasteiger partial charge in [0.1, 0.15) is 11.5 Å². The molecule has 0 bridgehead atoms. The average molecular weight is 594 g/mol. The Kier molecular flexibility index (Phi) is 7.86. The number of halogens is 8. The van der Waals surface area contributed by atoms with Gasteiger partial charge in [0.25, 0.3) is 5.91 Å². The molecule has 1 aliphatic heterocycles. The van der Waals surface area contributed by atoms with Crippen molar-refractivity contribution < 1.29 is 35.9 Å². The van der Waals surface area contributed by atoms with Gasteiger partial charge in [0.05, 0.1) is 32.8 Å². The highest BCUT2D eigenvalue weighted by Crippen LogP contribution is 2.35. The summed E-state index contributed by atoms with van der Waals surface area (Å²) in [6.45, 7) is 2.37. The number of hydrogen-bond donors (Lipinski definition) is 1. The third-order valence-corrected chi connectivity index (χ3v) is 6.79. The first-order valence-electron chi connectivity index (χ1n) is 11.4. The predicted molar refractivity (Wildman–Crippen MR) is 130 cm³/mol. The smallest absolute Gasteiger partial charge is 0.356 e. The lowest BCUT2D eigenvalue weighted by atomic mass is 9.97. The van der Waals surface area contributed by atoms with Gasteiger partial charge in [-0.25, -0.2) is 4.98 Å². The van der Waals surface area contributed by atoms with Crippen LogP contribution in [0.15, 0.2) is 36.8 Å². The maximum absolute atomic E-state index is 13.0. The molecule has 1 amide bonds. The minimum Gasteiger partial charge on any atom is -0.356 e. The lowest BCUT2D eigenvalue weighted by Gasteiger charge is -2.35. The first-order chi connectivity index (χ1) is 18.2. The Morgan fingerprint density at radius 2 is 1.46 bits per heavy atom. The highest BCUT2D eigenvalue weighted by molar-refractivity contribution is 6.33. The summed E-state index contributed by atoms with van der Waals surface area (Å²) in [5.74, 6) is -1.73. The highest BCUT2D eigenvalue weighted by atomic mass is 35.5. The number of rotatable bonds is 5. The van der Waals surface area contributed by atoms with Gasteiger partial charge in [-0.05, 0) is 25.1 Å². The van der Waals surface area contributed by atoms with Crippen molar-refractivity contribution in [3.05, 3.63) is 74.9 Å². The van der Waals surface area contributed by atoms with Crippen LogP contribution in [0.4, 0.5) is 32.2 Å². The van der Waals surface area contributed by atoms with Crippen LogP contribution in [0.5, 0.6) is 0 Å². The van der Waals surface area contributed by atoms with E-state index in [0.29, 0.717) is 18.5 Å². The molecule has 3 aromatic rings. The van der Waals surface area contributed by atoms with Gasteiger partial charge in [-0.15, -0.1) is 0 Å². The quantitative estimate of drug-likeness (QED) is 0.286. The van der Waals surface area contributed by atoms with Gasteiger partial charge < -0.3 is 14.8 Å². The standard InChI is InChI=1S/C24H19Cl2F6N5O2/c1-12(19-16(25)7-14(10-34-19)23(27,28)29)20(38)13-6-18(33-9-13)22(39)37-4-2-36(3-5-37)21-17(26)8-15(11-35-21)24(30,31)32/h6-12,33H,2-5H2,1H3. The molecule has 0 aliphatic carbocycles. The molecule has 1 fully saturated rings. The fourth-order valence-electron chi connectivity index (χ4n) is 4.07. The molecule has 1 aliphatic rings. The largest absolute Gasteiger partial charge is 0.417 e. The van der Waals surface area contributed by atoms with Crippen molar-refractivity contribution >= 4 is 40.7 Å². The number of nitrogens with zero attached hydrogens (tertiary/aromatic N) is 4. The Hall–Kier alpha value is -3.32. The van der Waals surface area contributed by atoms with Gasteiger partial charge in [-0.3, -0.25) is 14.6 Å². The van der Waals surface area contributed by atoms with E-state index < -0.39 is 41.1 Å². The number of piperazine rings is 1. The van der Waals surface area contributed by atoms with E-state index in [-0.39, 0.29) is 59.0 Å². The lowest BCUT2D eigenvalue weighted by molar-refractivity contribution is -0.138. The number of hydrogen-bond acceptors (Lipinski definition) is 5. The first-order valence-corrected chi connectivity index (χ1v) is 12.1. The third kappa shape index (κ3) is 6.14. The summed E-state index contributed by atoms with van der Waals surface area (Å²) in [4.78, 5) is 39.4. The van der Waals surface area contributed by atoms with E-state index in [2.05, 4.69) is 15.0 Å². The van der Waals surface area contributed by atoms with Crippen molar-refractivity contribution in [3.8, 4) is 0 Å². The maximum atomic E-state index is 13.0. The second-order valence-electron chi connectivity index (χ2n) is 8.78. The zero-order valence-corrected chi connectivity index (χ0v) is 21.5. The Labute approximate surface area is 227 Å². The van der Waals surface area contributed by atoms with Crippen LogP contribution in [-0.4, -0.2) is 57.7 Å². The number of carbonyl (C=O) groups excluding carboxylic acids is 2. The molecule has 1 N–H and O–H groups in total. The number of anilines is 1. The van der Waals surface area contributed by atoms with E-state index in [1.165, 1.54) is 24.1 Å². The molecule has 7 nitrogen and oxygen atoms in total. The minimum atomic E-state index is -4.63. The van der Waals surface area contributed by atoms with Crippen molar-refractivity contribution in [2.75, 3.05) is 31.1 Å². The van der Waals surface area contributed by atoms with E-state index in [1.807, 2.05) is 0 Å². The fourth-order valence-corrected chi connectivity index (χ4v) is 4.68. The maximum Gasteiger partial charge on any atom is 0.417 e. The molecule has 3 aromatic heterocycles. The molecule has 4 rings (SSSR count). The third-order valence-electron chi connectivity index (χ3n) is 6.21. The summed E-state index contributed by atoms with van der Waals surface area (Å²) in [6.07, 6.45) is -6.60. The van der Waals surface area contributed by atoms with Crippen LogP contribution in [0.25, 0.3) is 0 Å². The van der Waals surface area contributed by atoms with Gasteiger partial charge in [0.2, 0.25) is 0 Å². The van der Waals surface area contributed by atoms with Gasteiger partial charge >= 0.3 is 12.4 Å². The molecule has 208 valence electrons. The Balaban J connectivity index is 1.40. The zero-order chi connectivity index (χ0) is 28.7. The number of Topliss-reactive ketones (excluding diaryl/α,β-unsaturated/α-hetero) is 1. The summed E-state index contributed by atoms with van der Waals surface area (Å²) in [5, 5.41) is -0.466. The summed E-state index contributed by atoms with van der Waals surface area (Å²) < 4.78 is 77.3. The molecule has 39 heavy (non-hydrogen) atoms. The van der Waals surface area contributed by atoms with Crippen LogP contribution in [0.2, 0.25) is 10.0 Å². The second-order valence-corrected chi connectivity index (χ2v) is 9.60. The number of aromatic nitrogens is 3. The van der Waals surface area contributed by atoms with Gasteiger partial charge in [-0.1, -0.05) is 23.2 Å². The van der Waals surface area contributed by atoms with Crippen LogP contribution in [0, 0.1) is 0 Å². The Bertz CT molecular complexity index is 1400. The van der Waals surface area contributed by atoms with Gasteiger partial charge in [-0.2, -0.15) is 26.3 Å². The molecular formula is C24H19Cl2F6N5O2. The van der Waals surface area contributed by atoms with E-state index in [9.17, 15) is 35.9 Å². The molecule has 15 heteroatoms. The zero-order valence-electron chi connectivity index (χ0n) is 20.0. The molecule has 1 saturated heterocycles. The second kappa shape index (κ2) is 10.7. The van der Waals surface area contributed by atoms with E-state index in [1.54, 1.807) is 4.90 Å². The van der Waals surface area contributed by atoms with E-state index in [0.717, 1.165) is 6.07 Å². The summed E-state index contributed by atoms with van der Waals surface area (Å²) in [7, 11) is 0. The van der Waals surface area contributed by atoms with Crippen LogP contribution in [0.1, 0.15) is 50.5 Å². The van der Waals surface area contributed by atoms with Crippen LogP contribution in [-0.2, 0) is 12.4 Å². The first kappa shape index (κ1) is 28.7. The van der Waals surface area contributed by atoms with E-state index >= 15 is 0 Å². The molecular weight excluding hydrogens is 575 g/mol. The molecule has 0 saturated carbocycles. The van der Waals surface area contributed by atoms with Gasteiger partial charge in [0.15, 0.2) is 5.78 Å². The van der Waals surface area contributed by atoms with Crippen LogP contribution >= 0.6 is 23.2 Å². The van der Waals surface area contributed by atoms with Crippen molar-refractivity contribution in [2.24, 2.45) is 0 Å². The number of aromatic amines is 1. The molecule has 0 spiro atoms. The fraction of sp³-hybridized carbons (Fsp3) is 0.333. The Morgan fingerprint density at radius 3 is 2.00 bits per heavy atom. The SMILES string of the molecule is CC(C(=O)c1c[nH]c(C(=O)N2CCN(c3ncc(C(F)(F)F)cc3Cl)CC2)c1)c1ncc(C(F)(F)F)cc1Cl. The summed E-state index contributed by atoms with van der Waals surface area (Å²) >= 11 is 12.0. The number of nitrogens with one attached hydrogen (secondary N) is 1. The summed E-state index contributed by atoms with van der Waals surface area (Å²) in [5.41, 5.74) is -1.82. The number of pyridine rings is 2. The highest BCUT2D eigenvalue weighted by Gasteiger charge is 2.34. The van der Waals surface area contributed by atoms with Crippen molar-refractivity contribution in [1.82, 2.24) is 19.9 Å². The van der Waals surface area contributed by atoms with Crippen LogP contribution in [0.3, 0.4) is 0 Å². The van der Waals surface area contributed by atoms with Crippen molar-refractivity contribution in [2.45, 2.75) is 25.2 Å². The number of alkyl halides is 6.